The highest BCUT2D eigenvalue weighted by Crippen LogP contribution is 2.61. The van der Waals surface area contributed by atoms with Gasteiger partial charge in [0.2, 0.25) is 0 Å². The van der Waals surface area contributed by atoms with Crippen LogP contribution >= 0.6 is 0 Å². The molecule has 12 aromatic carbocycles. The third kappa shape index (κ3) is 7.07. The van der Waals surface area contributed by atoms with E-state index in [9.17, 15) is 0 Å². The van der Waals surface area contributed by atoms with Crippen LogP contribution in [0.2, 0.25) is 0 Å². The Balaban J connectivity index is 0.845. The zero-order valence-electron chi connectivity index (χ0n) is 47.9. The van der Waals surface area contributed by atoms with Crippen molar-refractivity contribution in [3.05, 3.63) is 329 Å². The number of anilines is 3. The summed E-state index contributed by atoms with van der Waals surface area (Å²) in [7, 11) is 0. The van der Waals surface area contributed by atoms with Gasteiger partial charge in [-0.15, -0.1) is 0 Å². The van der Waals surface area contributed by atoms with E-state index in [-0.39, 0.29) is 16.2 Å². The van der Waals surface area contributed by atoms with Crippen molar-refractivity contribution in [3.63, 3.8) is 0 Å². The quantitative estimate of drug-likeness (QED) is 0.147. The second kappa shape index (κ2) is 18.0. The molecule has 0 heterocycles. The first-order valence-corrected chi connectivity index (χ1v) is 29.6. The van der Waals surface area contributed by atoms with E-state index in [1.807, 2.05) is 0 Å². The van der Waals surface area contributed by atoms with Gasteiger partial charge in [0.05, 0.1) is 5.41 Å². The molecule has 0 aliphatic heterocycles. The van der Waals surface area contributed by atoms with E-state index in [2.05, 4.69) is 319 Å². The van der Waals surface area contributed by atoms with Crippen LogP contribution in [-0.2, 0) is 21.7 Å². The number of hydrogen-bond donors (Lipinski definition) is 0. The van der Waals surface area contributed by atoms with Gasteiger partial charge in [-0.2, -0.15) is 0 Å². The lowest BCUT2D eigenvalue weighted by Gasteiger charge is -2.35. The molecule has 0 saturated carbocycles. The van der Waals surface area contributed by atoms with Crippen molar-refractivity contribution in [3.8, 4) is 77.9 Å². The Hall–Kier alpha value is -9.56. The fourth-order valence-electron chi connectivity index (χ4n) is 15.6. The van der Waals surface area contributed by atoms with Crippen molar-refractivity contribution in [1.29, 1.82) is 0 Å². The van der Waals surface area contributed by atoms with Crippen LogP contribution in [0.5, 0.6) is 0 Å². The molecule has 0 spiro atoms. The second-order valence-corrected chi connectivity index (χ2v) is 25.2. The Morgan fingerprint density at radius 2 is 0.554 bits per heavy atom. The van der Waals surface area contributed by atoms with Crippen molar-refractivity contribution < 1.29 is 0 Å². The number of benzene rings is 12. The molecule has 4 aliphatic rings. The summed E-state index contributed by atoms with van der Waals surface area (Å²) in [6, 6.07) is 104. The molecule has 0 fully saturated rings. The fourth-order valence-corrected chi connectivity index (χ4v) is 15.6. The molecule has 0 radical (unpaired) electrons. The summed E-state index contributed by atoms with van der Waals surface area (Å²) in [4.78, 5) is 2.53. The van der Waals surface area contributed by atoms with Gasteiger partial charge in [-0.1, -0.05) is 254 Å². The van der Waals surface area contributed by atoms with Crippen molar-refractivity contribution in [1.82, 2.24) is 0 Å². The van der Waals surface area contributed by atoms with Crippen molar-refractivity contribution in [2.45, 2.75) is 63.2 Å². The first kappa shape index (κ1) is 49.3. The van der Waals surface area contributed by atoms with Crippen LogP contribution < -0.4 is 4.90 Å². The van der Waals surface area contributed by atoms with E-state index in [1.165, 1.54) is 145 Å². The van der Waals surface area contributed by atoms with Crippen LogP contribution in [0.25, 0.3) is 77.9 Å². The molecule has 12 aromatic rings. The predicted octanol–water partition coefficient (Wildman–Crippen LogP) is 21.4. The van der Waals surface area contributed by atoms with Gasteiger partial charge in [-0.25, -0.2) is 0 Å². The third-order valence-electron chi connectivity index (χ3n) is 19.7. The Morgan fingerprint density at radius 3 is 1.02 bits per heavy atom. The first-order valence-electron chi connectivity index (χ1n) is 29.6. The third-order valence-corrected chi connectivity index (χ3v) is 19.7. The van der Waals surface area contributed by atoms with E-state index < -0.39 is 5.41 Å². The van der Waals surface area contributed by atoms with Crippen LogP contribution in [0.15, 0.2) is 273 Å². The highest BCUT2D eigenvalue weighted by molar-refractivity contribution is 5.98. The summed E-state index contributed by atoms with van der Waals surface area (Å²) in [6.45, 7) is 14.4. The molecule has 1 nitrogen and oxygen atoms in total. The lowest BCUT2D eigenvalue weighted by molar-refractivity contribution is 0.659. The molecule has 396 valence electrons. The molecule has 0 amide bonds. The molecule has 0 bridgehead atoms. The lowest BCUT2D eigenvalue weighted by Crippen LogP contribution is -2.29. The normalized spacial score (nSPS) is 15.3. The van der Waals surface area contributed by atoms with Gasteiger partial charge in [-0.05, 0) is 194 Å². The number of rotatable bonds is 8. The van der Waals surface area contributed by atoms with Gasteiger partial charge in [0, 0.05) is 33.3 Å². The lowest BCUT2D eigenvalue weighted by atomic mass is 9.65. The zero-order chi connectivity index (χ0) is 56.0. The van der Waals surface area contributed by atoms with Crippen LogP contribution in [0, 0.1) is 0 Å². The minimum absolute atomic E-state index is 0.140. The topological polar surface area (TPSA) is 3.24 Å². The van der Waals surface area contributed by atoms with E-state index in [4.69, 9.17) is 0 Å². The smallest absolute Gasteiger partial charge is 0.0719 e. The molecule has 4 aliphatic carbocycles. The zero-order valence-corrected chi connectivity index (χ0v) is 47.9. The fraction of sp³-hybridized carbons (Fsp3) is 0.122. The maximum absolute atomic E-state index is 2.53. The van der Waals surface area contributed by atoms with Crippen molar-refractivity contribution in [2.75, 3.05) is 4.90 Å². The predicted molar refractivity (Wildman–Crippen MR) is 347 cm³/mol. The van der Waals surface area contributed by atoms with Crippen LogP contribution in [0.4, 0.5) is 17.1 Å². The Kier molecular flexibility index (Phi) is 10.7. The van der Waals surface area contributed by atoms with Crippen LogP contribution in [0.3, 0.4) is 0 Å². The Bertz CT molecular complexity index is 4470. The average Bonchev–Trinajstić information content (AvgIpc) is 2.72. The van der Waals surface area contributed by atoms with Crippen LogP contribution in [0.1, 0.15) is 97.2 Å². The molecule has 83 heavy (non-hydrogen) atoms. The number of nitrogens with zero attached hydrogens (tertiary/aromatic N) is 1. The number of fused-ring (bicyclic) bond motifs is 12. The molecule has 0 unspecified atom stereocenters. The molecule has 0 aromatic heterocycles. The maximum atomic E-state index is 2.53. The molecular weight excluding hydrogens is 999 g/mol. The number of hydrogen-bond acceptors (Lipinski definition) is 1. The van der Waals surface area contributed by atoms with E-state index >= 15 is 0 Å². The minimum atomic E-state index is -0.616. The minimum Gasteiger partial charge on any atom is -0.310 e. The van der Waals surface area contributed by atoms with Gasteiger partial charge in [0.15, 0.2) is 0 Å². The summed E-state index contributed by atoms with van der Waals surface area (Å²) >= 11 is 0. The van der Waals surface area contributed by atoms with Gasteiger partial charge in [-0.3, -0.25) is 0 Å². The summed E-state index contributed by atoms with van der Waals surface area (Å²) in [5, 5.41) is 0. The molecular formula is C82H63N. The standard InChI is InChI=1S/C82H63N/c1-79(2)71-33-21-19-31-62(71)65-42-37-59(49-74(65)79)83(60-38-43-66-63-32-20-22-34-72(63)80(3,4)75(66)50-60)61-39-44-67-64-40-35-54(47-73(64)81(5,6)76(67)51-61)55-36-41-68-70-46-56(52-23-11-7-12-24-52)45-69(53-25-13-8-14-26-53)78(70)82(77(68)48-55,57-27-15-9-16-28-57)58-29-17-10-18-30-58/h7-51H,1-6H3. The summed E-state index contributed by atoms with van der Waals surface area (Å²) in [5.74, 6) is 0. The van der Waals surface area contributed by atoms with E-state index in [0.29, 0.717) is 0 Å². The van der Waals surface area contributed by atoms with Gasteiger partial charge < -0.3 is 4.90 Å². The van der Waals surface area contributed by atoms with Gasteiger partial charge >= 0.3 is 0 Å². The van der Waals surface area contributed by atoms with Crippen molar-refractivity contribution in [2.24, 2.45) is 0 Å². The first-order chi connectivity index (χ1) is 40.4. The summed E-state index contributed by atoms with van der Waals surface area (Å²) < 4.78 is 0. The summed E-state index contributed by atoms with van der Waals surface area (Å²) in [5.41, 5.74) is 33.4. The maximum Gasteiger partial charge on any atom is 0.0719 e. The average molecular weight is 1060 g/mol. The Morgan fingerprint density at radius 1 is 0.217 bits per heavy atom. The molecule has 1 heteroatoms. The monoisotopic (exact) mass is 1060 g/mol. The second-order valence-electron chi connectivity index (χ2n) is 25.2. The molecule has 0 N–H and O–H groups in total. The highest BCUT2D eigenvalue weighted by atomic mass is 15.1. The molecule has 16 rings (SSSR count). The SMILES string of the molecule is CC1(C)c2ccccc2-c2ccc(N(c3ccc4c(c3)C(C)(C)c3ccccc3-4)c3ccc4c(c3)C(C)(C)c3cc(-c5ccc6c(c5)C(c5ccccc5)(c5ccccc5)c5c(-c7ccccc7)cc(-c7ccccc7)cc5-6)ccc3-4)cc21. The molecule has 0 saturated heterocycles. The van der Waals surface area contributed by atoms with E-state index in [0.717, 1.165) is 5.69 Å². The van der Waals surface area contributed by atoms with E-state index in [1.54, 1.807) is 0 Å². The van der Waals surface area contributed by atoms with Gasteiger partial charge in [0.1, 0.15) is 0 Å². The largest absolute Gasteiger partial charge is 0.310 e. The van der Waals surface area contributed by atoms with Crippen LogP contribution in [-0.4, -0.2) is 0 Å². The summed E-state index contributed by atoms with van der Waals surface area (Å²) in [6.07, 6.45) is 0. The highest BCUT2D eigenvalue weighted by Gasteiger charge is 2.49. The van der Waals surface area contributed by atoms with Crippen molar-refractivity contribution >= 4 is 17.1 Å². The van der Waals surface area contributed by atoms with Gasteiger partial charge in [0.25, 0.3) is 0 Å². The molecule has 0 atom stereocenters. The Labute approximate surface area is 488 Å².